The maximum Gasteiger partial charge on any atom is 0.514 e. The molecule has 1 fully saturated rings. The summed E-state index contributed by atoms with van der Waals surface area (Å²) < 4.78 is 14.3. The molecule has 1 aromatic carbocycles. The average Bonchev–Trinajstić information content (AvgIpc) is 3.02. The van der Waals surface area contributed by atoms with E-state index >= 15 is 0 Å². The molecule has 0 unspecified atom stereocenters. The molecular formula is C17H23BN2O2. The first-order valence-corrected chi connectivity index (χ1v) is 7.83. The summed E-state index contributed by atoms with van der Waals surface area (Å²) in [5.74, 6) is 0. The second kappa shape index (κ2) is 5.25. The molecule has 0 amide bonds. The van der Waals surface area contributed by atoms with Crippen molar-refractivity contribution in [3.05, 3.63) is 42.1 Å². The van der Waals surface area contributed by atoms with Gasteiger partial charge < -0.3 is 9.31 Å². The van der Waals surface area contributed by atoms with E-state index in [9.17, 15) is 0 Å². The highest BCUT2D eigenvalue weighted by molar-refractivity contribution is 6.61. The van der Waals surface area contributed by atoms with Crippen LogP contribution < -0.4 is 5.59 Å². The molecular weight excluding hydrogens is 275 g/mol. The highest BCUT2D eigenvalue weighted by Crippen LogP contribution is 2.36. The van der Waals surface area contributed by atoms with Crippen LogP contribution in [-0.2, 0) is 15.7 Å². The number of hydrogen-bond donors (Lipinski definition) is 0. The number of rotatable bonds is 3. The van der Waals surface area contributed by atoms with E-state index in [2.05, 4.69) is 57.9 Å². The maximum atomic E-state index is 6.16. The van der Waals surface area contributed by atoms with Crippen LogP contribution in [0.4, 0.5) is 0 Å². The van der Waals surface area contributed by atoms with Crippen molar-refractivity contribution in [3.63, 3.8) is 0 Å². The first kappa shape index (κ1) is 15.3. The molecule has 22 heavy (non-hydrogen) atoms. The number of nitrogens with zero attached hydrogens (tertiary/aromatic N) is 2. The molecule has 1 saturated heterocycles. The van der Waals surface area contributed by atoms with Crippen molar-refractivity contribution in [2.45, 2.75) is 52.2 Å². The Hall–Kier alpha value is -1.59. The van der Waals surface area contributed by atoms with Crippen LogP contribution in [0.15, 0.2) is 36.5 Å². The van der Waals surface area contributed by atoms with Crippen molar-refractivity contribution in [1.29, 1.82) is 0 Å². The van der Waals surface area contributed by atoms with Gasteiger partial charge in [0.2, 0.25) is 0 Å². The molecule has 1 aromatic heterocycles. The summed E-state index contributed by atoms with van der Waals surface area (Å²) in [6.07, 6.45) is 2.76. The molecule has 0 N–H and O–H groups in total. The monoisotopic (exact) mass is 298 g/mol. The lowest BCUT2D eigenvalue weighted by Crippen LogP contribution is -2.41. The first-order chi connectivity index (χ1) is 10.4. The van der Waals surface area contributed by atoms with E-state index in [0.29, 0.717) is 0 Å². The van der Waals surface area contributed by atoms with E-state index in [1.165, 1.54) is 5.56 Å². The summed E-state index contributed by atoms with van der Waals surface area (Å²) in [5.41, 5.74) is 2.57. The van der Waals surface area contributed by atoms with Crippen LogP contribution in [0.5, 0.6) is 0 Å². The summed E-state index contributed by atoms with van der Waals surface area (Å²) in [5, 5.41) is 4.49. The Kier molecular flexibility index (Phi) is 3.65. The molecule has 0 atom stereocenters. The van der Waals surface area contributed by atoms with Crippen molar-refractivity contribution in [1.82, 2.24) is 9.78 Å². The zero-order chi connectivity index (χ0) is 16.0. The second-order valence-corrected chi connectivity index (χ2v) is 6.74. The van der Waals surface area contributed by atoms with Crippen LogP contribution in [0.25, 0.3) is 5.69 Å². The Balaban J connectivity index is 2.01. The Bertz CT molecular complexity index is 663. The van der Waals surface area contributed by atoms with Gasteiger partial charge in [-0.25, -0.2) is 4.68 Å². The van der Waals surface area contributed by atoms with Crippen LogP contribution >= 0.6 is 0 Å². The topological polar surface area (TPSA) is 36.3 Å². The van der Waals surface area contributed by atoms with Crippen LogP contribution in [0.3, 0.4) is 0 Å². The lowest BCUT2D eigenvalue weighted by Gasteiger charge is -2.32. The number of para-hydroxylation sites is 1. The molecule has 2 heterocycles. The van der Waals surface area contributed by atoms with Crippen LogP contribution in [0.1, 0.15) is 40.2 Å². The van der Waals surface area contributed by atoms with Gasteiger partial charge in [-0.05, 0) is 51.8 Å². The Morgan fingerprint density at radius 3 is 2.32 bits per heavy atom. The Labute approximate surface area is 132 Å². The summed E-state index contributed by atoms with van der Waals surface area (Å²) >= 11 is 0. The molecule has 2 aromatic rings. The molecule has 1 aliphatic heterocycles. The molecule has 116 valence electrons. The van der Waals surface area contributed by atoms with Crippen LogP contribution in [0.2, 0.25) is 0 Å². The standard InChI is InChI=1S/C17H23BN2O2/c1-6-13-9-7-8-10-14(13)20-15(11-12-19-20)18-21-16(2,3)17(4,5)22-18/h7-12H,6H2,1-5H3. The number of aromatic nitrogens is 2. The molecule has 0 spiro atoms. The maximum absolute atomic E-state index is 6.16. The van der Waals surface area contributed by atoms with Gasteiger partial charge in [0.05, 0.1) is 22.5 Å². The molecule has 0 bridgehead atoms. The van der Waals surface area contributed by atoms with Gasteiger partial charge in [-0.15, -0.1) is 0 Å². The predicted octanol–water partition coefficient (Wildman–Crippen LogP) is 2.73. The van der Waals surface area contributed by atoms with Gasteiger partial charge in [-0.1, -0.05) is 25.1 Å². The van der Waals surface area contributed by atoms with Gasteiger partial charge in [0.1, 0.15) is 0 Å². The van der Waals surface area contributed by atoms with Crippen molar-refractivity contribution in [2.24, 2.45) is 0 Å². The van der Waals surface area contributed by atoms with E-state index in [1.54, 1.807) is 6.20 Å². The van der Waals surface area contributed by atoms with Gasteiger partial charge in [0.25, 0.3) is 0 Å². The van der Waals surface area contributed by atoms with E-state index < -0.39 is 7.12 Å². The molecule has 1 aliphatic rings. The van der Waals surface area contributed by atoms with E-state index in [-0.39, 0.29) is 11.2 Å². The van der Waals surface area contributed by atoms with Crippen molar-refractivity contribution >= 4 is 12.7 Å². The minimum Gasteiger partial charge on any atom is -0.398 e. The van der Waals surface area contributed by atoms with E-state index in [4.69, 9.17) is 9.31 Å². The zero-order valence-corrected chi connectivity index (χ0v) is 14.0. The predicted molar refractivity (Wildman–Crippen MR) is 88.7 cm³/mol. The SMILES string of the molecule is CCc1ccccc1-n1nccc1B1OC(C)(C)C(C)(C)O1. The molecule has 3 rings (SSSR count). The van der Waals surface area contributed by atoms with E-state index in [0.717, 1.165) is 17.7 Å². The minimum absolute atomic E-state index is 0.350. The fourth-order valence-corrected chi connectivity index (χ4v) is 2.67. The van der Waals surface area contributed by atoms with Crippen molar-refractivity contribution in [3.8, 4) is 5.69 Å². The highest BCUT2D eigenvalue weighted by atomic mass is 16.7. The summed E-state index contributed by atoms with van der Waals surface area (Å²) in [4.78, 5) is 0. The lowest BCUT2D eigenvalue weighted by atomic mass is 9.84. The van der Waals surface area contributed by atoms with Gasteiger partial charge in [0.15, 0.2) is 0 Å². The fourth-order valence-electron chi connectivity index (χ4n) is 2.67. The first-order valence-electron chi connectivity index (χ1n) is 7.83. The third-order valence-electron chi connectivity index (χ3n) is 4.77. The summed E-state index contributed by atoms with van der Waals surface area (Å²) in [6, 6.07) is 10.3. The largest absolute Gasteiger partial charge is 0.514 e. The Morgan fingerprint density at radius 2 is 1.68 bits per heavy atom. The van der Waals surface area contributed by atoms with E-state index in [1.807, 2.05) is 16.8 Å². The molecule has 4 nitrogen and oxygen atoms in total. The number of aryl methyl sites for hydroxylation is 1. The quantitative estimate of drug-likeness (QED) is 0.818. The minimum atomic E-state index is -0.405. The highest BCUT2D eigenvalue weighted by Gasteiger charge is 2.52. The van der Waals surface area contributed by atoms with Gasteiger partial charge in [-0.3, -0.25) is 0 Å². The molecule has 0 saturated carbocycles. The smallest absolute Gasteiger partial charge is 0.398 e. The number of hydrogen-bond acceptors (Lipinski definition) is 3. The normalized spacial score (nSPS) is 19.6. The number of benzene rings is 1. The molecule has 0 aliphatic carbocycles. The molecule has 5 heteroatoms. The summed E-state index contributed by atoms with van der Waals surface area (Å²) in [7, 11) is -0.405. The van der Waals surface area contributed by atoms with Gasteiger partial charge in [-0.2, -0.15) is 5.10 Å². The second-order valence-electron chi connectivity index (χ2n) is 6.74. The third kappa shape index (κ3) is 2.38. The van der Waals surface area contributed by atoms with Crippen LogP contribution in [0, 0.1) is 0 Å². The van der Waals surface area contributed by atoms with Crippen molar-refractivity contribution < 1.29 is 9.31 Å². The summed E-state index contributed by atoms with van der Waals surface area (Å²) in [6.45, 7) is 10.4. The van der Waals surface area contributed by atoms with Gasteiger partial charge >= 0.3 is 7.12 Å². The lowest BCUT2D eigenvalue weighted by molar-refractivity contribution is 0.00578. The van der Waals surface area contributed by atoms with Gasteiger partial charge in [0, 0.05) is 6.20 Å². The third-order valence-corrected chi connectivity index (χ3v) is 4.77. The zero-order valence-electron chi connectivity index (χ0n) is 14.0. The average molecular weight is 298 g/mol. The molecule has 0 radical (unpaired) electrons. The van der Waals surface area contributed by atoms with Crippen molar-refractivity contribution in [2.75, 3.05) is 0 Å². The Morgan fingerprint density at radius 1 is 1.05 bits per heavy atom. The van der Waals surface area contributed by atoms with Crippen LogP contribution in [-0.4, -0.2) is 28.1 Å². The fraction of sp³-hybridized carbons (Fsp3) is 0.471.